The number of benzene rings is 2. The van der Waals surface area contributed by atoms with Crippen molar-refractivity contribution in [2.45, 2.75) is 17.5 Å². The minimum atomic E-state index is -4.03. The summed E-state index contributed by atoms with van der Waals surface area (Å²) in [6.45, 7) is -0.411. The van der Waals surface area contributed by atoms with Crippen LogP contribution in [0.1, 0.15) is 27.6 Å². The van der Waals surface area contributed by atoms with E-state index in [0.29, 0.717) is 21.3 Å². The molecule has 0 aliphatic heterocycles. The Morgan fingerprint density at radius 3 is 2.47 bits per heavy atom. The molecular formula is C23H19FN6O5S3. The Labute approximate surface area is 220 Å². The van der Waals surface area contributed by atoms with Crippen LogP contribution in [0.4, 0.5) is 4.39 Å². The maximum atomic E-state index is 13.7. The third-order valence-corrected chi connectivity index (χ3v) is 9.05. The first-order chi connectivity index (χ1) is 18.1. The summed E-state index contributed by atoms with van der Waals surface area (Å²) in [4.78, 5) is 8.22. The number of hydrogen-bond acceptors (Lipinski definition) is 10. The van der Waals surface area contributed by atoms with Crippen LogP contribution in [0, 0.1) is 5.95 Å². The molecule has 0 aliphatic carbocycles. The lowest BCUT2D eigenvalue weighted by Gasteiger charge is -2.12. The SMILES string of the molecule is NS(=O)(=O)NCc1nnc(C(c2nc3ccc(-c4ccc(F)nc4)cc3s2)S(=O)(=O)Cc2ccccc2)o1. The number of nitrogens with one attached hydrogen (secondary N) is 1. The average Bonchev–Trinajstić information content (AvgIpc) is 3.49. The number of halogens is 1. The maximum Gasteiger partial charge on any atom is 0.274 e. The second-order valence-corrected chi connectivity index (χ2v) is 12.7. The number of sulfone groups is 1. The molecule has 0 saturated heterocycles. The van der Waals surface area contributed by atoms with Gasteiger partial charge in [0.15, 0.2) is 15.1 Å². The molecule has 0 saturated carbocycles. The summed E-state index contributed by atoms with van der Waals surface area (Å²) in [5.41, 5.74) is 2.53. The highest BCUT2D eigenvalue weighted by Crippen LogP contribution is 2.38. The highest BCUT2D eigenvalue weighted by atomic mass is 32.2. The van der Waals surface area contributed by atoms with Crippen molar-refractivity contribution in [3.8, 4) is 11.1 Å². The molecule has 3 aromatic heterocycles. The van der Waals surface area contributed by atoms with Crippen molar-refractivity contribution in [2.75, 3.05) is 0 Å². The van der Waals surface area contributed by atoms with Crippen LogP contribution in [0.2, 0.25) is 0 Å². The van der Waals surface area contributed by atoms with Gasteiger partial charge in [-0.2, -0.15) is 17.5 Å². The van der Waals surface area contributed by atoms with Crippen LogP contribution < -0.4 is 9.86 Å². The second kappa shape index (κ2) is 10.3. The molecule has 5 aromatic rings. The van der Waals surface area contributed by atoms with Crippen molar-refractivity contribution in [1.29, 1.82) is 0 Å². The summed E-state index contributed by atoms with van der Waals surface area (Å²) in [6, 6.07) is 16.8. The zero-order valence-electron chi connectivity index (χ0n) is 19.4. The number of nitrogens with two attached hydrogens (primary N) is 1. The normalized spacial score (nSPS) is 13.1. The Morgan fingerprint density at radius 1 is 1.00 bits per heavy atom. The van der Waals surface area contributed by atoms with E-state index in [0.717, 1.165) is 16.9 Å². The van der Waals surface area contributed by atoms with Gasteiger partial charge in [0.2, 0.25) is 17.7 Å². The fourth-order valence-electron chi connectivity index (χ4n) is 3.69. The molecule has 1 atom stereocenters. The van der Waals surface area contributed by atoms with Crippen molar-refractivity contribution >= 4 is 41.6 Å². The summed E-state index contributed by atoms with van der Waals surface area (Å²) < 4.78 is 71.3. The van der Waals surface area contributed by atoms with Crippen molar-refractivity contribution in [2.24, 2.45) is 5.14 Å². The van der Waals surface area contributed by atoms with E-state index in [9.17, 15) is 21.2 Å². The summed E-state index contributed by atoms with van der Waals surface area (Å²) >= 11 is 1.13. The minimum Gasteiger partial charge on any atom is -0.422 e. The van der Waals surface area contributed by atoms with Gasteiger partial charge < -0.3 is 4.42 Å². The minimum absolute atomic E-state index is 0.166. The lowest BCUT2D eigenvalue weighted by Crippen LogP contribution is -2.30. The van der Waals surface area contributed by atoms with E-state index in [2.05, 4.69) is 20.2 Å². The molecule has 0 fully saturated rings. The predicted octanol–water partition coefficient (Wildman–Crippen LogP) is 2.88. The van der Waals surface area contributed by atoms with Crippen LogP contribution >= 0.6 is 11.3 Å². The molecule has 0 spiro atoms. The van der Waals surface area contributed by atoms with Gasteiger partial charge in [-0.05, 0) is 35.4 Å². The summed E-state index contributed by atoms with van der Waals surface area (Å²) in [5.74, 6) is -1.34. The van der Waals surface area contributed by atoms with E-state index in [1.807, 2.05) is 10.8 Å². The molecular weight excluding hydrogens is 555 g/mol. The van der Waals surface area contributed by atoms with Gasteiger partial charge >= 0.3 is 0 Å². The van der Waals surface area contributed by atoms with Crippen molar-refractivity contribution in [1.82, 2.24) is 24.9 Å². The molecule has 38 heavy (non-hydrogen) atoms. The molecule has 0 radical (unpaired) electrons. The van der Waals surface area contributed by atoms with Crippen LogP contribution in [0.25, 0.3) is 21.3 Å². The molecule has 196 valence electrons. The maximum absolute atomic E-state index is 13.7. The van der Waals surface area contributed by atoms with Crippen LogP contribution in [0.3, 0.4) is 0 Å². The van der Waals surface area contributed by atoms with Gasteiger partial charge in [-0.25, -0.2) is 23.5 Å². The Kier molecular flexibility index (Phi) is 7.02. The molecule has 3 heterocycles. The van der Waals surface area contributed by atoms with Crippen molar-refractivity contribution in [3.05, 3.63) is 95.2 Å². The number of aromatic nitrogens is 4. The predicted molar refractivity (Wildman–Crippen MR) is 138 cm³/mol. The van der Waals surface area contributed by atoms with E-state index in [-0.39, 0.29) is 22.5 Å². The summed E-state index contributed by atoms with van der Waals surface area (Å²) in [5, 5.41) is 11.4. The summed E-state index contributed by atoms with van der Waals surface area (Å²) in [7, 11) is -8.02. The van der Waals surface area contributed by atoms with Gasteiger partial charge in [0.25, 0.3) is 10.2 Å². The molecule has 0 bridgehead atoms. The number of thiazole rings is 1. The first kappa shape index (κ1) is 26.0. The third-order valence-electron chi connectivity index (χ3n) is 5.39. The number of hydrogen-bond donors (Lipinski definition) is 2. The molecule has 1 unspecified atom stereocenters. The van der Waals surface area contributed by atoms with Gasteiger partial charge in [-0.1, -0.05) is 36.4 Å². The lowest BCUT2D eigenvalue weighted by atomic mass is 10.1. The number of pyridine rings is 1. The standard InChI is InChI=1S/C23H19FN6O5S3/c24-19-9-7-16(11-26-19)15-6-8-17-18(10-15)36-23(28-17)21(37(31,32)13-14-4-2-1-3-5-14)22-30-29-20(35-22)12-27-38(25,33)34/h1-11,21,27H,12-13H2,(H2,25,33,34). The van der Waals surface area contributed by atoms with Crippen molar-refractivity contribution < 1.29 is 25.6 Å². The van der Waals surface area contributed by atoms with E-state index >= 15 is 0 Å². The average molecular weight is 575 g/mol. The zero-order valence-corrected chi connectivity index (χ0v) is 21.8. The molecule has 3 N–H and O–H groups in total. The molecule has 0 amide bonds. The zero-order chi connectivity index (χ0) is 26.9. The Hall–Kier alpha value is -3.63. The van der Waals surface area contributed by atoms with Gasteiger partial charge in [-0.3, -0.25) is 0 Å². The monoisotopic (exact) mass is 574 g/mol. The molecule has 5 rings (SSSR count). The third kappa shape index (κ3) is 5.92. The van der Waals surface area contributed by atoms with Gasteiger partial charge in [0.1, 0.15) is 5.01 Å². The lowest BCUT2D eigenvalue weighted by molar-refractivity contribution is 0.443. The Bertz CT molecular complexity index is 1810. The van der Waals surface area contributed by atoms with Crippen molar-refractivity contribution in [3.63, 3.8) is 0 Å². The number of nitrogens with zero attached hydrogens (tertiary/aromatic N) is 4. The topological polar surface area (TPSA) is 171 Å². The van der Waals surface area contributed by atoms with Crippen LogP contribution in [0.15, 0.2) is 71.3 Å². The smallest absolute Gasteiger partial charge is 0.274 e. The second-order valence-electron chi connectivity index (χ2n) is 8.18. The number of rotatable bonds is 9. The highest BCUT2D eigenvalue weighted by molar-refractivity contribution is 7.91. The molecule has 11 nitrogen and oxygen atoms in total. The fraction of sp³-hybridized carbons (Fsp3) is 0.130. The quantitative estimate of drug-likeness (QED) is 0.251. The molecule has 2 aromatic carbocycles. The van der Waals surface area contributed by atoms with E-state index in [4.69, 9.17) is 9.56 Å². The fourth-order valence-corrected chi connectivity index (χ4v) is 7.17. The Morgan fingerprint density at radius 2 is 1.76 bits per heavy atom. The largest absolute Gasteiger partial charge is 0.422 e. The van der Waals surface area contributed by atoms with E-state index in [1.54, 1.807) is 48.5 Å². The first-order valence-corrected chi connectivity index (χ1v) is 15.0. The van der Waals surface area contributed by atoms with Crippen LogP contribution in [0.5, 0.6) is 0 Å². The number of fused-ring (bicyclic) bond motifs is 1. The van der Waals surface area contributed by atoms with E-state index < -0.39 is 37.8 Å². The van der Waals surface area contributed by atoms with Gasteiger partial charge in [-0.15, -0.1) is 21.5 Å². The van der Waals surface area contributed by atoms with Gasteiger partial charge in [0, 0.05) is 11.8 Å². The van der Waals surface area contributed by atoms with Crippen LogP contribution in [-0.2, 0) is 32.3 Å². The highest BCUT2D eigenvalue weighted by Gasteiger charge is 2.37. The molecule has 15 heteroatoms. The Balaban J connectivity index is 1.56. The van der Waals surface area contributed by atoms with Crippen LogP contribution in [-0.4, -0.2) is 37.0 Å². The first-order valence-electron chi connectivity index (χ1n) is 10.9. The summed E-state index contributed by atoms with van der Waals surface area (Å²) in [6.07, 6.45) is 1.40. The molecule has 0 aliphatic rings. The van der Waals surface area contributed by atoms with E-state index in [1.165, 1.54) is 12.3 Å². The van der Waals surface area contributed by atoms with Gasteiger partial charge in [0.05, 0.1) is 22.5 Å².